The largest absolute Gasteiger partial charge is 0.383 e. The fourth-order valence-corrected chi connectivity index (χ4v) is 1.30. The zero-order chi connectivity index (χ0) is 10.7. The van der Waals surface area contributed by atoms with Gasteiger partial charge in [-0.15, -0.1) is 0 Å². The second kappa shape index (κ2) is 4.59. The molecule has 0 saturated heterocycles. The van der Waals surface area contributed by atoms with E-state index in [4.69, 9.17) is 27.8 Å². The lowest BCUT2D eigenvalue weighted by Gasteiger charge is -2.19. The summed E-state index contributed by atoms with van der Waals surface area (Å²) in [5.41, 5.74) is 12.3. The molecule has 5 heteroatoms. The summed E-state index contributed by atoms with van der Waals surface area (Å²) in [7, 11) is 1.60. The third kappa shape index (κ3) is 2.35. The molecule has 0 bridgehead atoms. The molecule has 0 aliphatic heterocycles. The van der Waals surface area contributed by atoms with Crippen LogP contribution in [0.5, 0.6) is 0 Å². The standard InChI is InChI=1S/C9H14ClN3O/c1-5(14-2)8(11)7-3-6(10)4-13-9(7)12/h3-5,8H,11H2,1-2H3,(H2,12,13). The number of ether oxygens (including phenoxy) is 1. The van der Waals surface area contributed by atoms with Gasteiger partial charge in [-0.3, -0.25) is 0 Å². The predicted octanol–water partition coefficient (Wildman–Crippen LogP) is 1.35. The fourth-order valence-electron chi connectivity index (χ4n) is 1.13. The van der Waals surface area contributed by atoms with Crippen LogP contribution in [0.1, 0.15) is 18.5 Å². The molecule has 0 radical (unpaired) electrons. The van der Waals surface area contributed by atoms with Gasteiger partial charge in [-0.25, -0.2) is 4.98 Å². The molecule has 0 fully saturated rings. The van der Waals surface area contributed by atoms with Gasteiger partial charge in [-0.05, 0) is 13.0 Å². The lowest BCUT2D eigenvalue weighted by Crippen LogP contribution is -2.26. The van der Waals surface area contributed by atoms with E-state index in [2.05, 4.69) is 4.98 Å². The lowest BCUT2D eigenvalue weighted by molar-refractivity contribution is 0.0958. The van der Waals surface area contributed by atoms with Crippen molar-refractivity contribution in [2.45, 2.75) is 19.1 Å². The zero-order valence-corrected chi connectivity index (χ0v) is 8.95. The molecule has 0 spiro atoms. The molecule has 78 valence electrons. The molecular formula is C9H14ClN3O. The summed E-state index contributed by atoms with van der Waals surface area (Å²) in [5.74, 6) is 0.394. The van der Waals surface area contributed by atoms with Crippen molar-refractivity contribution in [2.75, 3.05) is 12.8 Å². The van der Waals surface area contributed by atoms with Crippen LogP contribution >= 0.6 is 11.6 Å². The van der Waals surface area contributed by atoms with Crippen molar-refractivity contribution in [3.63, 3.8) is 0 Å². The van der Waals surface area contributed by atoms with Crippen LogP contribution in [0.2, 0.25) is 5.02 Å². The summed E-state index contributed by atoms with van der Waals surface area (Å²) >= 11 is 5.79. The zero-order valence-electron chi connectivity index (χ0n) is 8.20. The van der Waals surface area contributed by atoms with E-state index in [1.54, 1.807) is 13.2 Å². The van der Waals surface area contributed by atoms with Gasteiger partial charge in [-0.1, -0.05) is 11.6 Å². The number of nitrogen functional groups attached to an aromatic ring is 1. The summed E-state index contributed by atoms with van der Waals surface area (Å²) in [6.45, 7) is 1.87. The summed E-state index contributed by atoms with van der Waals surface area (Å²) in [6.07, 6.45) is 1.36. The smallest absolute Gasteiger partial charge is 0.128 e. The number of pyridine rings is 1. The average molecular weight is 216 g/mol. The van der Waals surface area contributed by atoms with Gasteiger partial charge < -0.3 is 16.2 Å². The number of anilines is 1. The number of rotatable bonds is 3. The Morgan fingerprint density at radius 1 is 1.57 bits per heavy atom. The van der Waals surface area contributed by atoms with Crippen LogP contribution in [-0.4, -0.2) is 18.2 Å². The fraction of sp³-hybridized carbons (Fsp3) is 0.444. The maximum atomic E-state index is 5.92. The predicted molar refractivity (Wildman–Crippen MR) is 57.1 cm³/mol. The van der Waals surface area contributed by atoms with Gasteiger partial charge in [0.25, 0.3) is 0 Å². The maximum absolute atomic E-state index is 5.92. The first-order valence-electron chi connectivity index (χ1n) is 4.25. The molecule has 4 N–H and O–H groups in total. The van der Waals surface area contributed by atoms with E-state index < -0.39 is 0 Å². The molecule has 0 amide bonds. The van der Waals surface area contributed by atoms with Crippen molar-refractivity contribution in [3.05, 3.63) is 22.8 Å². The van der Waals surface area contributed by atoms with Crippen LogP contribution in [0, 0.1) is 0 Å². The van der Waals surface area contributed by atoms with Crippen LogP contribution in [0.3, 0.4) is 0 Å². The second-order valence-corrected chi connectivity index (χ2v) is 3.53. The van der Waals surface area contributed by atoms with Crippen LogP contribution in [0.4, 0.5) is 5.82 Å². The normalized spacial score (nSPS) is 15.1. The van der Waals surface area contributed by atoms with Crippen LogP contribution in [-0.2, 0) is 4.74 Å². The molecule has 0 aliphatic carbocycles. The van der Waals surface area contributed by atoms with Crippen molar-refractivity contribution < 1.29 is 4.74 Å². The number of methoxy groups -OCH3 is 1. The van der Waals surface area contributed by atoms with E-state index in [0.29, 0.717) is 16.4 Å². The van der Waals surface area contributed by atoms with Gasteiger partial charge in [0.1, 0.15) is 5.82 Å². The highest BCUT2D eigenvalue weighted by Gasteiger charge is 2.17. The number of hydrogen-bond donors (Lipinski definition) is 2. The van der Waals surface area contributed by atoms with Gasteiger partial charge in [0.05, 0.1) is 17.2 Å². The van der Waals surface area contributed by atoms with E-state index in [1.165, 1.54) is 6.20 Å². The Bertz CT molecular complexity index is 319. The summed E-state index contributed by atoms with van der Waals surface area (Å²) < 4.78 is 5.11. The van der Waals surface area contributed by atoms with Gasteiger partial charge in [0.2, 0.25) is 0 Å². The topological polar surface area (TPSA) is 74.2 Å². The Kier molecular flexibility index (Phi) is 3.69. The van der Waals surface area contributed by atoms with Crippen molar-refractivity contribution in [2.24, 2.45) is 5.73 Å². The maximum Gasteiger partial charge on any atom is 0.128 e. The lowest BCUT2D eigenvalue weighted by atomic mass is 10.0. The number of aromatic nitrogens is 1. The third-order valence-electron chi connectivity index (χ3n) is 2.15. The molecule has 1 rings (SSSR count). The highest BCUT2D eigenvalue weighted by Crippen LogP contribution is 2.23. The highest BCUT2D eigenvalue weighted by atomic mass is 35.5. The molecule has 14 heavy (non-hydrogen) atoms. The van der Waals surface area contributed by atoms with Crippen LogP contribution in [0.15, 0.2) is 12.3 Å². The van der Waals surface area contributed by atoms with Crippen molar-refractivity contribution in [1.29, 1.82) is 0 Å². The average Bonchev–Trinajstić information content (AvgIpc) is 2.19. The molecule has 1 aromatic heterocycles. The van der Waals surface area contributed by atoms with Crippen LogP contribution < -0.4 is 11.5 Å². The molecule has 2 atom stereocenters. The van der Waals surface area contributed by atoms with Crippen molar-refractivity contribution in [1.82, 2.24) is 4.98 Å². The van der Waals surface area contributed by atoms with E-state index >= 15 is 0 Å². The van der Waals surface area contributed by atoms with E-state index in [1.807, 2.05) is 6.92 Å². The molecule has 1 heterocycles. The number of nitrogens with two attached hydrogens (primary N) is 2. The van der Waals surface area contributed by atoms with Gasteiger partial charge >= 0.3 is 0 Å². The Labute approximate surface area is 88.2 Å². The molecule has 0 saturated carbocycles. The molecule has 1 aromatic rings. The third-order valence-corrected chi connectivity index (χ3v) is 2.36. The highest BCUT2D eigenvalue weighted by molar-refractivity contribution is 6.30. The number of hydrogen-bond acceptors (Lipinski definition) is 4. The summed E-state index contributed by atoms with van der Waals surface area (Å²) in [5, 5.41) is 0.521. The monoisotopic (exact) mass is 215 g/mol. The molecule has 0 aliphatic rings. The Morgan fingerprint density at radius 2 is 2.21 bits per heavy atom. The minimum atomic E-state index is -0.314. The van der Waals surface area contributed by atoms with Gasteiger partial charge in [0, 0.05) is 18.9 Å². The Morgan fingerprint density at radius 3 is 2.79 bits per heavy atom. The van der Waals surface area contributed by atoms with Gasteiger partial charge in [0.15, 0.2) is 0 Å². The summed E-state index contributed by atoms with van der Waals surface area (Å²) in [6, 6.07) is 1.40. The molecular weight excluding hydrogens is 202 g/mol. The van der Waals surface area contributed by atoms with E-state index in [-0.39, 0.29) is 12.1 Å². The first-order valence-corrected chi connectivity index (χ1v) is 4.63. The molecule has 0 aromatic carbocycles. The molecule has 2 unspecified atom stereocenters. The summed E-state index contributed by atoms with van der Waals surface area (Å²) in [4.78, 5) is 3.93. The number of nitrogens with zero attached hydrogens (tertiary/aromatic N) is 1. The quantitative estimate of drug-likeness (QED) is 0.798. The Balaban J connectivity index is 2.99. The van der Waals surface area contributed by atoms with Gasteiger partial charge in [-0.2, -0.15) is 0 Å². The van der Waals surface area contributed by atoms with Crippen molar-refractivity contribution >= 4 is 17.4 Å². The van der Waals surface area contributed by atoms with Crippen molar-refractivity contribution in [3.8, 4) is 0 Å². The SMILES string of the molecule is COC(C)C(N)c1cc(Cl)cnc1N. The Hall–Kier alpha value is -0.840. The first kappa shape index (κ1) is 11.2. The first-order chi connectivity index (χ1) is 6.56. The van der Waals surface area contributed by atoms with E-state index in [9.17, 15) is 0 Å². The minimum Gasteiger partial charge on any atom is -0.383 e. The molecule has 4 nitrogen and oxygen atoms in total. The second-order valence-electron chi connectivity index (χ2n) is 3.09. The number of halogens is 1. The van der Waals surface area contributed by atoms with Crippen LogP contribution in [0.25, 0.3) is 0 Å². The van der Waals surface area contributed by atoms with E-state index in [0.717, 1.165) is 0 Å². The minimum absolute atomic E-state index is 0.127.